The lowest BCUT2D eigenvalue weighted by atomic mass is 10.4. The van der Waals surface area contributed by atoms with Gasteiger partial charge in [0.2, 0.25) is 0 Å². The van der Waals surface area contributed by atoms with Gasteiger partial charge in [0.05, 0.1) is 0 Å². The van der Waals surface area contributed by atoms with E-state index in [0.29, 0.717) is 11.4 Å². The summed E-state index contributed by atoms with van der Waals surface area (Å²) in [4.78, 5) is 2.15. The maximum absolute atomic E-state index is 11.7. The summed E-state index contributed by atoms with van der Waals surface area (Å²) in [6, 6.07) is 0. The summed E-state index contributed by atoms with van der Waals surface area (Å²) in [5.74, 6) is 0.254. The topological polar surface area (TPSA) is 84.6 Å². The number of hydrazone groups is 1. The number of nitrogens with one attached hydrogen (secondary N) is 1. The summed E-state index contributed by atoms with van der Waals surface area (Å²) in [5, 5.41) is 7.21. The van der Waals surface area contributed by atoms with Crippen LogP contribution in [0.1, 0.15) is 25.3 Å². The average Bonchev–Trinajstić information content (AvgIpc) is 2.43. The molecule has 0 aliphatic rings. The Kier molecular flexibility index (Phi) is 3.13. The summed E-state index contributed by atoms with van der Waals surface area (Å²) < 4.78 is 28.2. The van der Waals surface area contributed by atoms with E-state index in [2.05, 4.69) is 15.1 Å². The summed E-state index contributed by atoms with van der Waals surface area (Å²) >= 11 is 0. The van der Waals surface area contributed by atoms with Crippen LogP contribution in [0.25, 0.3) is 0 Å². The normalized spacial score (nSPS) is 11.2. The highest BCUT2D eigenvalue weighted by Crippen LogP contribution is 2.18. The molecule has 0 radical (unpaired) electrons. The molecule has 7 heteroatoms. The van der Waals surface area contributed by atoms with Crippen molar-refractivity contribution >= 4 is 15.7 Å². The van der Waals surface area contributed by atoms with E-state index in [1.165, 1.54) is 6.92 Å². The zero-order valence-corrected chi connectivity index (χ0v) is 9.84. The quantitative estimate of drug-likeness (QED) is 0.620. The Morgan fingerprint density at radius 1 is 1.40 bits per heavy atom. The van der Waals surface area contributed by atoms with Crippen molar-refractivity contribution in [3.05, 3.63) is 11.5 Å². The SMILES string of the molecule is CC(C)=NNS(=O)(=O)c1c(C)noc1C. The molecule has 0 fully saturated rings. The first-order valence-corrected chi connectivity index (χ1v) is 5.78. The second kappa shape index (κ2) is 4.01. The molecule has 0 bridgehead atoms. The Balaban J connectivity index is 3.12. The molecule has 6 nitrogen and oxygen atoms in total. The monoisotopic (exact) mass is 231 g/mol. The lowest BCUT2D eigenvalue weighted by Crippen LogP contribution is -2.20. The molecule has 0 aromatic carbocycles. The maximum Gasteiger partial charge on any atom is 0.282 e. The molecule has 84 valence electrons. The second-order valence-electron chi connectivity index (χ2n) is 3.31. The van der Waals surface area contributed by atoms with Crippen LogP contribution in [0.4, 0.5) is 0 Å². The van der Waals surface area contributed by atoms with Gasteiger partial charge in [-0.3, -0.25) is 0 Å². The van der Waals surface area contributed by atoms with E-state index in [1.54, 1.807) is 20.8 Å². The van der Waals surface area contributed by atoms with Gasteiger partial charge in [-0.05, 0) is 27.7 Å². The minimum atomic E-state index is -3.67. The minimum absolute atomic E-state index is 0.0486. The van der Waals surface area contributed by atoms with Crippen LogP contribution in [0.5, 0.6) is 0 Å². The molecule has 1 N–H and O–H groups in total. The van der Waals surface area contributed by atoms with Gasteiger partial charge in [-0.1, -0.05) is 5.16 Å². The molecule has 0 saturated heterocycles. The van der Waals surface area contributed by atoms with E-state index in [9.17, 15) is 8.42 Å². The standard InChI is InChI=1S/C8H13N3O3S/c1-5(2)9-11-15(12,13)8-6(3)10-14-7(8)4/h11H,1-4H3. The zero-order chi connectivity index (χ0) is 11.6. The van der Waals surface area contributed by atoms with E-state index in [-0.39, 0.29) is 10.7 Å². The molecule has 0 aliphatic carbocycles. The molecule has 0 unspecified atom stereocenters. The number of nitrogens with zero attached hydrogens (tertiary/aromatic N) is 2. The molecule has 0 atom stereocenters. The Bertz CT molecular complexity index is 464. The molecule has 1 heterocycles. The Morgan fingerprint density at radius 2 is 2.00 bits per heavy atom. The van der Waals surface area contributed by atoms with E-state index in [0.717, 1.165) is 0 Å². The zero-order valence-electron chi connectivity index (χ0n) is 9.03. The van der Waals surface area contributed by atoms with Gasteiger partial charge < -0.3 is 4.52 Å². The van der Waals surface area contributed by atoms with Gasteiger partial charge >= 0.3 is 0 Å². The first kappa shape index (κ1) is 11.7. The van der Waals surface area contributed by atoms with Crippen LogP contribution >= 0.6 is 0 Å². The average molecular weight is 231 g/mol. The molecule has 0 aliphatic heterocycles. The third-order valence-corrected chi connectivity index (χ3v) is 3.08. The second-order valence-corrected chi connectivity index (χ2v) is 4.90. The lowest BCUT2D eigenvalue weighted by Gasteiger charge is -2.02. The molecular weight excluding hydrogens is 218 g/mol. The van der Waals surface area contributed by atoms with Gasteiger partial charge in [-0.25, -0.2) is 0 Å². The first-order valence-electron chi connectivity index (χ1n) is 4.30. The van der Waals surface area contributed by atoms with Crippen LogP contribution in [0.2, 0.25) is 0 Å². The molecule has 15 heavy (non-hydrogen) atoms. The van der Waals surface area contributed by atoms with Gasteiger partial charge in [-0.2, -0.15) is 18.4 Å². The van der Waals surface area contributed by atoms with Gasteiger partial charge in [-0.15, -0.1) is 0 Å². The van der Waals surface area contributed by atoms with E-state index in [4.69, 9.17) is 4.52 Å². The Hall–Kier alpha value is -1.37. The first-order chi connectivity index (χ1) is 6.84. The van der Waals surface area contributed by atoms with Crippen LogP contribution in [0, 0.1) is 13.8 Å². The number of aromatic nitrogens is 1. The molecule has 0 saturated carbocycles. The highest BCUT2D eigenvalue weighted by atomic mass is 32.2. The predicted molar refractivity (Wildman–Crippen MR) is 55.1 cm³/mol. The molecule has 1 rings (SSSR count). The number of sulfonamides is 1. The van der Waals surface area contributed by atoms with Crippen molar-refractivity contribution in [2.24, 2.45) is 5.10 Å². The summed E-state index contributed by atoms with van der Waals surface area (Å²) in [7, 11) is -3.67. The van der Waals surface area contributed by atoms with Crippen molar-refractivity contribution in [1.82, 2.24) is 9.99 Å². The maximum atomic E-state index is 11.7. The molecule has 1 aromatic heterocycles. The van der Waals surface area contributed by atoms with Crippen LogP contribution < -0.4 is 4.83 Å². The van der Waals surface area contributed by atoms with Gasteiger partial charge in [0.1, 0.15) is 5.69 Å². The summed E-state index contributed by atoms with van der Waals surface area (Å²) in [6.45, 7) is 6.48. The van der Waals surface area contributed by atoms with Gasteiger partial charge in [0, 0.05) is 5.71 Å². The number of rotatable bonds is 3. The molecule has 0 amide bonds. The van der Waals surface area contributed by atoms with Crippen molar-refractivity contribution in [3.8, 4) is 0 Å². The third kappa shape index (κ3) is 2.56. The smallest absolute Gasteiger partial charge is 0.282 e. The largest absolute Gasteiger partial charge is 0.360 e. The van der Waals surface area contributed by atoms with Crippen molar-refractivity contribution in [1.29, 1.82) is 0 Å². The van der Waals surface area contributed by atoms with E-state index < -0.39 is 10.0 Å². The van der Waals surface area contributed by atoms with Gasteiger partial charge in [0.15, 0.2) is 10.7 Å². The summed E-state index contributed by atoms with van der Waals surface area (Å²) in [6.07, 6.45) is 0. The molecule has 0 spiro atoms. The third-order valence-electron chi connectivity index (χ3n) is 1.63. The molecule has 1 aromatic rings. The van der Waals surface area contributed by atoms with Crippen molar-refractivity contribution < 1.29 is 12.9 Å². The van der Waals surface area contributed by atoms with Crippen LogP contribution in [0.3, 0.4) is 0 Å². The highest BCUT2D eigenvalue weighted by molar-refractivity contribution is 7.89. The fourth-order valence-electron chi connectivity index (χ4n) is 1.06. The molecular formula is C8H13N3O3S. The van der Waals surface area contributed by atoms with Gasteiger partial charge in [0.25, 0.3) is 10.0 Å². The lowest BCUT2D eigenvalue weighted by molar-refractivity contribution is 0.390. The summed E-state index contributed by atoms with van der Waals surface area (Å²) in [5.41, 5.74) is 0.939. The number of hydrogen-bond acceptors (Lipinski definition) is 5. The van der Waals surface area contributed by atoms with Crippen molar-refractivity contribution in [2.75, 3.05) is 0 Å². The fraction of sp³-hybridized carbons (Fsp3) is 0.500. The van der Waals surface area contributed by atoms with E-state index in [1.807, 2.05) is 0 Å². The Labute approximate surface area is 88.4 Å². The Morgan fingerprint density at radius 3 is 2.40 bits per heavy atom. The van der Waals surface area contributed by atoms with E-state index >= 15 is 0 Å². The number of hydrogen-bond donors (Lipinski definition) is 1. The van der Waals surface area contributed by atoms with Crippen LogP contribution in [-0.4, -0.2) is 19.3 Å². The minimum Gasteiger partial charge on any atom is -0.360 e. The predicted octanol–water partition coefficient (Wildman–Crippen LogP) is 0.966. The van der Waals surface area contributed by atoms with Crippen LogP contribution in [0.15, 0.2) is 14.5 Å². The van der Waals surface area contributed by atoms with Crippen molar-refractivity contribution in [2.45, 2.75) is 32.6 Å². The fourth-order valence-corrected chi connectivity index (χ4v) is 2.29. The highest BCUT2D eigenvalue weighted by Gasteiger charge is 2.23. The van der Waals surface area contributed by atoms with Crippen LogP contribution in [-0.2, 0) is 10.0 Å². The number of aryl methyl sites for hydroxylation is 2. The van der Waals surface area contributed by atoms with Crippen molar-refractivity contribution in [3.63, 3.8) is 0 Å².